The van der Waals surface area contributed by atoms with Crippen molar-refractivity contribution in [3.63, 3.8) is 0 Å². The first-order chi connectivity index (χ1) is 9.92. The van der Waals surface area contributed by atoms with Crippen LogP contribution in [-0.4, -0.2) is 50.8 Å². The number of hydrogen-bond acceptors (Lipinski definition) is 4. The summed E-state index contributed by atoms with van der Waals surface area (Å²) in [4.78, 5) is 2.57. The molecule has 1 N–H and O–H groups in total. The van der Waals surface area contributed by atoms with Gasteiger partial charge in [0.15, 0.2) is 11.5 Å². The Morgan fingerprint density at radius 3 is 2.90 bits per heavy atom. The second-order valence-electron chi connectivity index (χ2n) is 5.53. The molecule has 3 rings (SSSR count). The van der Waals surface area contributed by atoms with E-state index < -0.39 is 0 Å². The van der Waals surface area contributed by atoms with Gasteiger partial charge in [0.25, 0.3) is 0 Å². The molecule has 110 valence electrons. The van der Waals surface area contributed by atoms with Crippen LogP contribution in [0.25, 0.3) is 0 Å². The summed E-state index contributed by atoms with van der Waals surface area (Å²) in [6.45, 7) is 7.22. The van der Waals surface area contributed by atoms with Crippen LogP contribution in [0.2, 0.25) is 0 Å². The molecule has 4 nitrogen and oxygen atoms in total. The summed E-state index contributed by atoms with van der Waals surface area (Å²) >= 11 is 0. The fourth-order valence-electron chi connectivity index (χ4n) is 2.88. The van der Waals surface area contributed by atoms with Crippen LogP contribution in [-0.2, 0) is 6.42 Å². The summed E-state index contributed by atoms with van der Waals surface area (Å²) in [7, 11) is 0. The predicted octanol–water partition coefficient (Wildman–Crippen LogP) is 1.69. The lowest BCUT2D eigenvalue weighted by Gasteiger charge is -2.20. The van der Waals surface area contributed by atoms with E-state index in [1.165, 1.54) is 44.6 Å². The van der Waals surface area contributed by atoms with Crippen molar-refractivity contribution in [2.24, 2.45) is 0 Å². The van der Waals surface area contributed by atoms with Crippen LogP contribution in [0.5, 0.6) is 11.5 Å². The van der Waals surface area contributed by atoms with E-state index in [1.807, 2.05) is 6.07 Å². The lowest BCUT2D eigenvalue weighted by Crippen LogP contribution is -2.29. The van der Waals surface area contributed by atoms with E-state index in [4.69, 9.17) is 9.47 Å². The molecule has 4 heteroatoms. The van der Waals surface area contributed by atoms with E-state index in [0.29, 0.717) is 13.2 Å². The molecule has 1 fully saturated rings. The van der Waals surface area contributed by atoms with Crippen molar-refractivity contribution in [2.75, 3.05) is 45.9 Å². The molecule has 1 saturated heterocycles. The van der Waals surface area contributed by atoms with E-state index in [1.54, 1.807) is 0 Å². The van der Waals surface area contributed by atoms with Gasteiger partial charge in [-0.15, -0.1) is 0 Å². The minimum atomic E-state index is 0.662. The minimum absolute atomic E-state index is 0.662. The average molecular weight is 276 g/mol. The molecule has 2 heterocycles. The van der Waals surface area contributed by atoms with Gasteiger partial charge in [0.1, 0.15) is 13.2 Å². The maximum Gasteiger partial charge on any atom is 0.161 e. The van der Waals surface area contributed by atoms with E-state index in [2.05, 4.69) is 22.3 Å². The Morgan fingerprint density at radius 1 is 1.05 bits per heavy atom. The van der Waals surface area contributed by atoms with Crippen LogP contribution in [0, 0.1) is 0 Å². The van der Waals surface area contributed by atoms with Crippen molar-refractivity contribution in [3.05, 3.63) is 23.8 Å². The quantitative estimate of drug-likeness (QED) is 0.907. The molecule has 0 bridgehead atoms. The standard InChI is InChI=1S/C16H24N2O2/c1(8-18-9-2-6-17-7-10-18)3-14-4-5-15-16(13-14)20-12-11-19-15/h4-5,13,17H,1-3,6-12H2. The first-order valence-corrected chi connectivity index (χ1v) is 7.73. The minimum Gasteiger partial charge on any atom is -0.486 e. The zero-order chi connectivity index (χ0) is 13.6. The zero-order valence-corrected chi connectivity index (χ0v) is 12.1. The third-order valence-corrected chi connectivity index (χ3v) is 3.98. The van der Waals surface area contributed by atoms with Crippen LogP contribution >= 0.6 is 0 Å². The monoisotopic (exact) mass is 276 g/mol. The molecule has 2 aliphatic heterocycles. The van der Waals surface area contributed by atoms with Crippen LogP contribution in [0.1, 0.15) is 18.4 Å². The highest BCUT2D eigenvalue weighted by Crippen LogP contribution is 2.31. The molecule has 0 saturated carbocycles. The molecular formula is C16H24N2O2. The summed E-state index contributed by atoms with van der Waals surface area (Å²) in [5, 5.41) is 3.45. The molecule has 0 atom stereocenters. The number of aryl methyl sites for hydroxylation is 1. The van der Waals surface area contributed by atoms with Gasteiger partial charge < -0.3 is 19.7 Å². The van der Waals surface area contributed by atoms with E-state index in [0.717, 1.165) is 24.5 Å². The van der Waals surface area contributed by atoms with Crippen molar-refractivity contribution in [3.8, 4) is 11.5 Å². The largest absolute Gasteiger partial charge is 0.486 e. The number of rotatable bonds is 4. The third-order valence-electron chi connectivity index (χ3n) is 3.98. The highest BCUT2D eigenvalue weighted by Gasteiger charge is 2.12. The van der Waals surface area contributed by atoms with Crippen LogP contribution in [0.4, 0.5) is 0 Å². The number of nitrogens with one attached hydrogen (secondary N) is 1. The second kappa shape index (κ2) is 6.95. The van der Waals surface area contributed by atoms with Crippen LogP contribution < -0.4 is 14.8 Å². The summed E-state index contributed by atoms with van der Waals surface area (Å²) in [6, 6.07) is 6.34. The van der Waals surface area contributed by atoms with Gasteiger partial charge in [0.05, 0.1) is 0 Å². The smallest absolute Gasteiger partial charge is 0.161 e. The van der Waals surface area contributed by atoms with Gasteiger partial charge in [-0.25, -0.2) is 0 Å². The Bertz CT molecular complexity index is 428. The van der Waals surface area contributed by atoms with E-state index in [-0.39, 0.29) is 0 Å². The first-order valence-electron chi connectivity index (χ1n) is 7.73. The number of benzene rings is 1. The molecular weight excluding hydrogens is 252 g/mol. The van der Waals surface area contributed by atoms with E-state index >= 15 is 0 Å². The molecule has 0 radical (unpaired) electrons. The lowest BCUT2D eigenvalue weighted by molar-refractivity contribution is 0.171. The molecule has 0 spiro atoms. The number of fused-ring (bicyclic) bond motifs is 1. The van der Waals surface area contributed by atoms with E-state index in [9.17, 15) is 0 Å². The summed E-state index contributed by atoms with van der Waals surface area (Å²) in [5.74, 6) is 1.80. The van der Waals surface area contributed by atoms with Gasteiger partial charge in [0, 0.05) is 13.1 Å². The molecule has 1 aromatic carbocycles. The summed E-state index contributed by atoms with van der Waals surface area (Å²) < 4.78 is 11.2. The highest BCUT2D eigenvalue weighted by molar-refractivity contribution is 5.43. The van der Waals surface area contributed by atoms with Crippen molar-refractivity contribution in [1.82, 2.24) is 10.2 Å². The first kappa shape index (κ1) is 13.7. The maximum atomic E-state index is 5.63. The number of nitrogens with zero attached hydrogens (tertiary/aromatic N) is 1. The third kappa shape index (κ3) is 3.64. The lowest BCUT2D eigenvalue weighted by atomic mass is 10.1. The Kier molecular flexibility index (Phi) is 4.77. The fraction of sp³-hybridized carbons (Fsp3) is 0.625. The predicted molar refractivity (Wildman–Crippen MR) is 79.7 cm³/mol. The Balaban J connectivity index is 1.48. The maximum absolute atomic E-state index is 5.63. The molecule has 2 aliphatic rings. The molecule has 0 unspecified atom stereocenters. The molecule has 1 aromatic rings. The fourth-order valence-corrected chi connectivity index (χ4v) is 2.88. The highest BCUT2D eigenvalue weighted by atomic mass is 16.6. The Labute approximate surface area is 121 Å². The number of hydrogen-bond donors (Lipinski definition) is 1. The van der Waals surface area contributed by atoms with Gasteiger partial charge in [0.2, 0.25) is 0 Å². The Morgan fingerprint density at radius 2 is 1.95 bits per heavy atom. The van der Waals surface area contributed by atoms with Crippen molar-refractivity contribution in [1.29, 1.82) is 0 Å². The SMILES string of the molecule is c1cc2c(cc1CCCN1CCCNCC1)OCCO2. The van der Waals surface area contributed by atoms with Gasteiger partial charge in [-0.3, -0.25) is 0 Å². The summed E-state index contributed by atoms with van der Waals surface area (Å²) in [6.07, 6.45) is 3.59. The molecule has 0 aromatic heterocycles. The second-order valence-corrected chi connectivity index (χ2v) is 5.53. The zero-order valence-electron chi connectivity index (χ0n) is 12.1. The van der Waals surface area contributed by atoms with Crippen molar-refractivity contribution < 1.29 is 9.47 Å². The van der Waals surface area contributed by atoms with Gasteiger partial charge >= 0.3 is 0 Å². The van der Waals surface area contributed by atoms with Crippen molar-refractivity contribution in [2.45, 2.75) is 19.3 Å². The van der Waals surface area contributed by atoms with Crippen molar-refractivity contribution >= 4 is 0 Å². The molecule has 0 aliphatic carbocycles. The van der Waals surface area contributed by atoms with Gasteiger partial charge in [-0.05, 0) is 56.6 Å². The van der Waals surface area contributed by atoms with Crippen LogP contribution in [0.3, 0.4) is 0 Å². The Hall–Kier alpha value is -1.26. The normalized spacial score (nSPS) is 19.6. The molecule has 20 heavy (non-hydrogen) atoms. The average Bonchev–Trinajstić information content (AvgIpc) is 2.76. The molecule has 0 amide bonds. The van der Waals surface area contributed by atoms with Gasteiger partial charge in [-0.2, -0.15) is 0 Å². The topological polar surface area (TPSA) is 33.7 Å². The van der Waals surface area contributed by atoms with Gasteiger partial charge in [-0.1, -0.05) is 6.07 Å². The number of ether oxygens (including phenoxy) is 2. The summed E-state index contributed by atoms with van der Waals surface area (Å²) in [5.41, 5.74) is 1.35. The van der Waals surface area contributed by atoms with Crippen LogP contribution in [0.15, 0.2) is 18.2 Å².